The minimum absolute atomic E-state index is 0.205. The summed E-state index contributed by atoms with van der Waals surface area (Å²) in [5.41, 5.74) is 0.102. The van der Waals surface area contributed by atoms with E-state index < -0.39 is 17.8 Å². The molecule has 1 aliphatic heterocycles. The van der Waals surface area contributed by atoms with Gasteiger partial charge in [0.15, 0.2) is 0 Å². The normalized spacial score (nSPS) is 16.3. The number of hydrogen-bond donors (Lipinski definition) is 3. The van der Waals surface area contributed by atoms with Crippen LogP contribution in [0.5, 0.6) is 5.75 Å². The molecule has 1 atom stereocenters. The number of urea groups is 1. The fourth-order valence-corrected chi connectivity index (χ4v) is 3.78. The SMILES string of the molecule is COc1cc(NC(=O)Nc2ccc(C(F)(F)F)cc2)ccc1C(=O)NCCC1CCCN1C. The Morgan fingerprint density at radius 2 is 1.76 bits per heavy atom. The van der Waals surface area contributed by atoms with Gasteiger partial charge in [-0.15, -0.1) is 0 Å². The molecule has 33 heavy (non-hydrogen) atoms. The van der Waals surface area contributed by atoms with Gasteiger partial charge >= 0.3 is 12.2 Å². The van der Waals surface area contributed by atoms with Crippen molar-refractivity contribution in [2.24, 2.45) is 0 Å². The molecule has 0 saturated carbocycles. The van der Waals surface area contributed by atoms with Crippen molar-refractivity contribution < 1.29 is 27.5 Å². The third-order valence-electron chi connectivity index (χ3n) is 5.61. The molecule has 1 heterocycles. The molecule has 178 valence electrons. The van der Waals surface area contributed by atoms with Gasteiger partial charge in [-0.2, -0.15) is 13.2 Å². The second kappa shape index (κ2) is 10.6. The summed E-state index contributed by atoms with van der Waals surface area (Å²) in [5, 5.41) is 7.94. The van der Waals surface area contributed by atoms with E-state index in [0.29, 0.717) is 23.8 Å². The zero-order valence-corrected chi connectivity index (χ0v) is 18.5. The van der Waals surface area contributed by atoms with Gasteiger partial charge in [-0.25, -0.2) is 4.79 Å². The number of amides is 3. The number of nitrogens with one attached hydrogen (secondary N) is 3. The Labute approximate surface area is 190 Å². The summed E-state index contributed by atoms with van der Waals surface area (Å²) in [4.78, 5) is 27.1. The van der Waals surface area contributed by atoms with Crippen LogP contribution in [0.1, 0.15) is 35.2 Å². The highest BCUT2D eigenvalue weighted by Gasteiger charge is 2.30. The van der Waals surface area contributed by atoms with E-state index in [4.69, 9.17) is 4.74 Å². The molecule has 1 fully saturated rings. The number of likely N-dealkylation sites (tertiary alicyclic amines) is 1. The minimum Gasteiger partial charge on any atom is -0.496 e. The van der Waals surface area contributed by atoms with Crippen LogP contribution >= 0.6 is 0 Å². The molecule has 7 nitrogen and oxygen atoms in total. The summed E-state index contributed by atoms with van der Waals surface area (Å²) >= 11 is 0. The molecule has 1 aliphatic rings. The van der Waals surface area contributed by atoms with Gasteiger partial charge in [0.25, 0.3) is 5.91 Å². The van der Waals surface area contributed by atoms with E-state index in [1.54, 1.807) is 12.1 Å². The number of nitrogens with zero attached hydrogens (tertiary/aromatic N) is 1. The number of methoxy groups -OCH3 is 1. The third kappa shape index (κ3) is 6.61. The number of halogens is 3. The van der Waals surface area contributed by atoms with Gasteiger partial charge in [-0.05, 0) is 69.3 Å². The maximum absolute atomic E-state index is 12.6. The number of ether oxygens (including phenoxy) is 1. The van der Waals surface area contributed by atoms with Crippen molar-refractivity contribution in [3.63, 3.8) is 0 Å². The number of benzene rings is 2. The van der Waals surface area contributed by atoms with Crippen molar-refractivity contribution in [2.45, 2.75) is 31.5 Å². The maximum Gasteiger partial charge on any atom is 0.416 e. The largest absolute Gasteiger partial charge is 0.496 e. The van der Waals surface area contributed by atoms with Crippen LogP contribution in [0, 0.1) is 0 Å². The lowest BCUT2D eigenvalue weighted by molar-refractivity contribution is -0.137. The Balaban J connectivity index is 1.56. The molecule has 3 amide bonds. The number of rotatable bonds is 7. The molecule has 0 radical (unpaired) electrons. The fourth-order valence-electron chi connectivity index (χ4n) is 3.78. The van der Waals surface area contributed by atoms with Crippen LogP contribution in [0.4, 0.5) is 29.3 Å². The molecule has 10 heteroatoms. The van der Waals surface area contributed by atoms with Crippen LogP contribution in [0.2, 0.25) is 0 Å². The predicted molar refractivity (Wildman–Crippen MR) is 120 cm³/mol. The summed E-state index contributed by atoms with van der Waals surface area (Å²) < 4.78 is 43.2. The van der Waals surface area contributed by atoms with Gasteiger partial charge in [-0.1, -0.05) is 0 Å². The van der Waals surface area contributed by atoms with E-state index >= 15 is 0 Å². The van der Waals surface area contributed by atoms with Crippen molar-refractivity contribution in [3.05, 3.63) is 53.6 Å². The second-order valence-corrected chi connectivity index (χ2v) is 7.89. The average Bonchev–Trinajstić information content (AvgIpc) is 3.17. The summed E-state index contributed by atoms with van der Waals surface area (Å²) in [5.74, 6) is 0.0195. The van der Waals surface area contributed by atoms with E-state index in [1.807, 2.05) is 0 Å². The molecule has 0 aliphatic carbocycles. The van der Waals surface area contributed by atoms with Crippen LogP contribution in [0.25, 0.3) is 0 Å². The Bertz CT molecular complexity index is 980. The van der Waals surface area contributed by atoms with Crippen molar-refractivity contribution in [3.8, 4) is 5.75 Å². The topological polar surface area (TPSA) is 82.7 Å². The Morgan fingerprint density at radius 3 is 2.36 bits per heavy atom. The highest BCUT2D eigenvalue weighted by Crippen LogP contribution is 2.30. The zero-order valence-electron chi connectivity index (χ0n) is 18.5. The first-order valence-corrected chi connectivity index (χ1v) is 10.6. The molecule has 0 aromatic heterocycles. The van der Waals surface area contributed by atoms with E-state index in [2.05, 4.69) is 27.9 Å². The monoisotopic (exact) mass is 464 g/mol. The molecular formula is C23H27F3N4O3. The van der Waals surface area contributed by atoms with Gasteiger partial charge in [0.1, 0.15) is 5.75 Å². The van der Waals surface area contributed by atoms with Gasteiger partial charge in [0.05, 0.1) is 18.2 Å². The van der Waals surface area contributed by atoms with Crippen LogP contribution in [-0.2, 0) is 6.18 Å². The molecule has 0 spiro atoms. The third-order valence-corrected chi connectivity index (χ3v) is 5.61. The van der Waals surface area contributed by atoms with E-state index in [-0.39, 0.29) is 17.3 Å². The number of anilines is 2. The lowest BCUT2D eigenvalue weighted by atomic mass is 10.1. The number of hydrogen-bond acceptors (Lipinski definition) is 4. The molecule has 1 unspecified atom stereocenters. The van der Waals surface area contributed by atoms with Crippen molar-refractivity contribution in [2.75, 3.05) is 37.9 Å². The summed E-state index contributed by atoms with van der Waals surface area (Å²) in [6.07, 6.45) is -1.28. The van der Waals surface area contributed by atoms with Gasteiger partial charge in [-0.3, -0.25) is 4.79 Å². The van der Waals surface area contributed by atoms with E-state index in [0.717, 1.165) is 31.5 Å². The van der Waals surface area contributed by atoms with Crippen molar-refractivity contribution in [1.29, 1.82) is 0 Å². The molecule has 2 aromatic rings. The van der Waals surface area contributed by atoms with E-state index in [9.17, 15) is 22.8 Å². The summed E-state index contributed by atoms with van der Waals surface area (Å²) in [7, 11) is 3.51. The first-order valence-electron chi connectivity index (χ1n) is 10.6. The summed E-state index contributed by atoms with van der Waals surface area (Å²) in [6.45, 7) is 1.62. The second-order valence-electron chi connectivity index (χ2n) is 7.89. The lowest BCUT2D eigenvalue weighted by Crippen LogP contribution is -2.32. The number of carbonyl (C=O) groups is 2. The Kier molecular flexibility index (Phi) is 7.80. The standard InChI is InChI=1S/C23H27F3N4O3/c1-30-13-3-4-18(30)11-12-27-21(31)19-10-9-17(14-20(19)33-2)29-22(32)28-16-7-5-15(6-8-16)23(24,25)26/h5-10,14,18H,3-4,11-13H2,1-2H3,(H,27,31)(H2,28,29,32). The van der Waals surface area contributed by atoms with Crippen molar-refractivity contribution >= 4 is 23.3 Å². The minimum atomic E-state index is -4.45. The number of alkyl halides is 3. The first-order chi connectivity index (χ1) is 15.7. The molecule has 3 N–H and O–H groups in total. The van der Waals surface area contributed by atoms with Gasteiger partial charge < -0.3 is 25.6 Å². The molecule has 2 aromatic carbocycles. The van der Waals surface area contributed by atoms with Crippen LogP contribution < -0.4 is 20.7 Å². The van der Waals surface area contributed by atoms with Gasteiger partial charge in [0, 0.05) is 30.0 Å². The van der Waals surface area contributed by atoms with Crippen LogP contribution in [0.15, 0.2) is 42.5 Å². The van der Waals surface area contributed by atoms with E-state index in [1.165, 1.54) is 31.7 Å². The van der Waals surface area contributed by atoms with Crippen LogP contribution in [0.3, 0.4) is 0 Å². The Hall–Kier alpha value is -3.27. The highest BCUT2D eigenvalue weighted by atomic mass is 19.4. The quantitative estimate of drug-likeness (QED) is 0.561. The Morgan fingerprint density at radius 1 is 1.09 bits per heavy atom. The number of carbonyl (C=O) groups excluding carboxylic acids is 2. The lowest BCUT2D eigenvalue weighted by Gasteiger charge is -2.19. The van der Waals surface area contributed by atoms with Crippen LogP contribution in [-0.4, -0.2) is 50.1 Å². The highest BCUT2D eigenvalue weighted by molar-refractivity contribution is 6.01. The molecule has 1 saturated heterocycles. The average molecular weight is 464 g/mol. The van der Waals surface area contributed by atoms with Crippen molar-refractivity contribution in [1.82, 2.24) is 10.2 Å². The predicted octanol–water partition coefficient (Wildman–Crippen LogP) is 4.57. The maximum atomic E-state index is 12.6. The first kappa shape index (κ1) is 24.4. The zero-order chi connectivity index (χ0) is 24.0. The van der Waals surface area contributed by atoms with Gasteiger partial charge in [0.2, 0.25) is 0 Å². The summed E-state index contributed by atoms with van der Waals surface area (Å²) in [6, 6.07) is 8.54. The molecular weight excluding hydrogens is 437 g/mol. The smallest absolute Gasteiger partial charge is 0.416 e. The fraction of sp³-hybridized carbons (Fsp3) is 0.391. The molecule has 0 bridgehead atoms. The molecule has 3 rings (SSSR count).